The number of aromatic hydroxyl groups is 1. The van der Waals surface area contributed by atoms with E-state index in [0.29, 0.717) is 5.75 Å². The van der Waals surface area contributed by atoms with Gasteiger partial charge in [-0.05, 0) is 36.8 Å². The molecule has 4 nitrogen and oxygen atoms in total. The van der Waals surface area contributed by atoms with Crippen LogP contribution in [0, 0.1) is 6.92 Å². The number of ether oxygens (including phenoxy) is 1. The molecule has 2 aromatic carbocycles. The Morgan fingerprint density at radius 1 is 1.16 bits per heavy atom. The Labute approximate surface area is 110 Å². The fourth-order valence-electron chi connectivity index (χ4n) is 1.69. The molecule has 0 atom stereocenters. The van der Waals surface area contributed by atoms with E-state index in [1.165, 1.54) is 0 Å². The van der Waals surface area contributed by atoms with Crippen LogP contribution in [-0.2, 0) is 6.61 Å². The minimum Gasteiger partial charge on any atom is -0.508 e. The SMILES string of the molecule is Cc1ccc(OCc2ccc(O)cc2)c(C(=O)O)c1. The smallest absolute Gasteiger partial charge is 0.339 e. The van der Waals surface area contributed by atoms with E-state index in [9.17, 15) is 9.90 Å². The monoisotopic (exact) mass is 258 g/mol. The number of phenolic OH excluding ortho intramolecular Hbond substituents is 1. The molecule has 0 aliphatic heterocycles. The molecule has 0 amide bonds. The van der Waals surface area contributed by atoms with E-state index in [4.69, 9.17) is 9.84 Å². The minimum atomic E-state index is -1.01. The lowest BCUT2D eigenvalue weighted by molar-refractivity contribution is 0.0691. The molecule has 0 saturated carbocycles. The van der Waals surface area contributed by atoms with Crippen molar-refractivity contribution >= 4 is 5.97 Å². The van der Waals surface area contributed by atoms with Gasteiger partial charge in [-0.25, -0.2) is 4.79 Å². The van der Waals surface area contributed by atoms with E-state index in [1.807, 2.05) is 6.92 Å². The van der Waals surface area contributed by atoms with E-state index in [-0.39, 0.29) is 17.9 Å². The summed E-state index contributed by atoms with van der Waals surface area (Å²) in [7, 11) is 0. The van der Waals surface area contributed by atoms with Crippen LogP contribution >= 0.6 is 0 Å². The van der Waals surface area contributed by atoms with Gasteiger partial charge in [0.05, 0.1) is 0 Å². The number of hydrogen-bond acceptors (Lipinski definition) is 3. The first kappa shape index (κ1) is 13.0. The Balaban J connectivity index is 2.15. The van der Waals surface area contributed by atoms with Crippen molar-refractivity contribution in [3.05, 3.63) is 59.2 Å². The molecule has 0 radical (unpaired) electrons. The van der Waals surface area contributed by atoms with Crippen molar-refractivity contribution in [1.29, 1.82) is 0 Å². The first-order valence-corrected chi connectivity index (χ1v) is 5.81. The summed E-state index contributed by atoms with van der Waals surface area (Å²) in [5, 5.41) is 18.3. The maximum Gasteiger partial charge on any atom is 0.339 e. The molecular weight excluding hydrogens is 244 g/mol. The summed E-state index contributed by atoms with van der Waals surface area (Å²) in [6.07, 6.45) is 0. The summed E-state index contributed by atoms with van der Waals surface area (Å²) in [5.74, 6) is -0.485. The number of hydrogen-bond donors (Lipinski definition) is 2. The van der Waals surface area contributed by atoms with Gasteiger partial charge in [-0.2, -0.15) is 0 Å². The van der Waals surface area contributed by atoms with Gasteiger partial charge in [-0.3, -0.25) is 0 Å². The highest BCUT2D eigenvalue weighted by atomic mass is 16.5. The van der Waals surface area contributed by atoms with Crippen molar-refractivity contribution in [3.63, 3.8) is 0 Å². The summed E-state index contributed by atoms with van der Waals surface area (Å²) >= 11 is 0. The molecule has 0 spiro atoms. The van der Waals surface area contributed by atoms with Gasteiger partial charge >= 0.3 is 5.97 Å². The summed E-state index contributed by atoms with van der Waals surface area (Å²) < 4.78 is 5.52. The fourth-order valence-corrected chi connectivity index (χ4v) is 1.69. The van der Waals surface area contributed by atoms with E-state index in [2.05, 4.69) is 0 Å². The third-order valence-corrected chi connectivity index (χ3v) is 2.70. The zero-order chi connectivity index (χ0) is 13.8. The van der Waals surface area contributed by atoms with Crippen molar-refractivity contribution in [2.24, 2.45) is 0 Å². The molecule has 19 heavy (non-hydrogen) atoms. The van der Waals surface area contributed by atoms with Gasteiger partial charge in [0.25, 0.3) is 0 Å². The lowest BCUT2D eigenvalue weighted by atomic mass is 10.1. The van der Waals surface area contributed by atoms with Crippen molar-refractivity contribution in [2.75, 3.05) is 0 Å². The van der Waals surface area contributed by atoms with Gasteiger partial charge in [0.2, 0.25) is 0 Å². The van der Waals surface area contributed by atoms with Crippen LogP contribution in [0.1, 0.15) is 21.5 Å². The van der Waals surface area contributed by atoms with E-state index >= 15 is 0 Å². The van der Waals surface area contributed by atoms with Crippen molar-refractivity contribution in [1.82, 2.24) is 0 Å². The lowest BCUT2D eigenvalue weighted by Crippen LogP contribution is -2.03. The number of aromatic carboxylic acids is 1. The van der Waals surface area contributed by atoms with Gasteiger partial charge in [-0.1, -0.05) is 23.8 Å². The molecule has 0 aliphatic carbocycles. The second kappa shape index (κ2) is 5.44. The summed E-state index contributed by atoms with van der Waals surface area (Å²) in [5.41, 5.74) is 1.88. The van der Waals surface area contributed by atoms with E-state index in [0.717, 1.165) is 11.1 Å². The molecule has 0 heterocycles. The Kier molecular flexibility index (Phi) is 3.71. The minimum absolute atomic E-state index is 0.152. The van der Waals surface area contributed by atoms with Crippen LogP contribution in [0.5, 0.6) is 11.5 Å². The molecule has 2 N–H and O–H groups in total. The van der Waals surface area contributed by atoms with Crippen LogP contribution in [-0.4, -0.2) is 16.2 Å². The molecule has 0 fully saturated rings. The molecule has 0 aromatic heterocycles. The Morgan fingerprint density at radius 3 is 2.47 bits per heavy atom. The second-order valence-electron chi connectivity index (χ2n) is 4.26. The lowest BCUT2D eigenvalue weighted by Gasteiger charge is -2.10. The highest BCUT2D eigenvalue weighted by Gasteiger charge is 2.11. The molecule has 0 bridgehead atoms. The number of carboxylic acid groups (broad SMARTS) is 1. The van der Waals surface area contributed by atoms with Crippen molar-refractivity contribution < 1.29 is 19.7 Å². The first-order valence-electron chi connectivity index (χ1n) is 5.81. The average molecular weight is 258 g/mol. The average Bonchev–Trinajstić information content (AvgIpc) is 2.39. The molecule has 2 aromatic rings. The predicted octanol–water partition coefficient (Wildman–Crippen LogP) is 2.98. The van der Waals surface area contributed by atoms with Gasteiger partial charge < -0.3 is 14.9 Å². The molecule has 0 aliphatic rings. The predicted molar refractivity (Wildman–Crippen MR) is 70.6 cm³/mol. The molecule has 98 valence electrons. The van der Waals surface area contributed by atoms with E-state index in [1.54, 1.807) is 42.5 Å². The molecule has 4 heteroatoms. The van der Waals surface area contributed by atoms with Crippen LogP contribution in [0.4, 0.5) is 0 Å². The highest BCUT2D eigenvalue weighted by Crippen LogP contribution is 2.21. The van der Waals surface area contributed by atoms with Gasteiger partial charge in [0, 0.05) is 0 Å². The van der Waals surface area contributed by atoms with Crippen LogP contribution in [0.25, 0.3) is 0 Å². The number of phenols is 1. The molecule has 0 unspecified atom stereocenters. The topological polar surface area (TPSA) is 66.8 Å². The molecular formula is C15H14O4. The second-order valence-corrected chi connectivity index (χ2v) is 4.26. The van der Waals surface area contributed by atoms with Crippen LogP contribution in [0.3, 0.4) is 0 Å². The normalized spacial score (nSPS) is 10.2. The number of carboxylic acids is 1. The zero-order valence-electron chi connectivity index (χ0n) is 10.5. The number of aryl methyl sites for hydroxylation is 1. The quantitative estimate of drug-likeness (QED) is 0.884. The van der Waals surface area contributed by atoms with Gasteiger partial charge in [-0.15, -0.1) is 0 Å². The molecule has 2 rings (SSSR count). The van der Waals surface area contributed by atoms with Crippen LogP contribution in [0.15, 0.2) is 42.5 Å². The summed E-state index contributed by atoms with van der Waals surface area (Å²) in [6.45, 7) is 2.08. The third-order valence-electron chi connectivity index (χ3n) is 2.70. The van der Waals surface area contributed by atoms with E-state index < -0.39 is 5.97 Å². The van der Waals surface area contributed by atoms with Crippen molar-refractivity contribution in [2.45, 2.75) is 13.5 Å². The fraction of sp³-hybridized carbons (Fsp3) is 0.133. The summed E-state index contributed by atoms with van der Waals surface area (Å²) in [6, 6.07) is 11.6. The largest absolute Gasteiger partial charge is 0.508 e. The Morgan fingerprint density at radius 2 is 1.84 bits per heavy atom. The maximum atomic E-state index is 11.1. The van der Waals surface area contributed by atoms with Crippen LogP contribution in [0.2, 0.25) is 0 Å². The maximum absolute atomic E-state index is 11.1. The van der Waals surface area contributed by atoms with Crippen molar-refractivity contribution in [3.8, 4) is 11.5 Å². The first-order chi connectivity index (χ1) is 9.06. The van der Waals surface area contributed by atoms with Crippen LogP contribution < -0.4 is 4.74 Å². The highest BCUT2D eigenvalue weighted by molar-refractivity contribution is 5.91. The Hall–Kier alpha value is -2.49. The zero-order valence-corrected chi connectivity index (χ0v) is 10.5. The standard InChI is InChI=1S/C15H14O4/c1-10-2-7-14(13(8-10)15(17)18)19-9-11-3-5-12(16)6-4-11/h2-8,16H,9H2,1H3,(H,17,18). The Bertz CT molecular complexity index is 588. The number of carbonyl (C=O) groups is 1. The summed E-state index contributed by atoms with van der Waals surface area (Å²) in [4.78, 5) is 11.1. The number of rotatable bonds is 4. The van der Waals surface area contributed by atoms with Gasteiger partial charge in [0.15, 0.2) is 0 Å². The molecule has 0 saturated heterocycles. The van der Waals surface area contributed by atoms with Gasteiger partial charge in [0.1, 0.15) is 23.7 Å². The number of benzene rings is 2. The third kappa shape index (κ3) is 3.25.